The molecule has 1 rings (SSSR count). The average Bonchev–Trinajstić information content (AvgIpc) is 2.43. The van der Waals surface area contributed by atoms with Crippen LogP contribution in [-0.2, 0) is 14.3 Å². The third-order valence-corrected chi connectivity index (χ3v) is 2.91. The van der Waals surface area contributed by atoms with Gasteiger partial charge in [-0.1, -0.05) is 12.1 Å². The number of hydrogen-bond donors (Lipinski definition) is 2. The third-order valence-electron chi connectivity index (χ3n) is 2.91. The molecule has 0 unspecified atom stereocenters. The normalized spacial score (nSPS) is 12.4. The Bertz CT molecular complexity index is 506. The van der Waals surface area contributed by atoms with E-state index in [2.05, 4.69) is 15.4 Å². The molecule has 1 amide bonds. The molecule has 0 fully saturated rings. The van der Waals surface area contributed by atoms with Crippen LogP contribution in [0.15, 0.2) is 24.3 Å². The maximum atomic E-state index is 11.7. The summed E-state index contributed by atoms with van der Waals surface area (Å²) in [5.41, 5.74) is 1.02. The number of carbonyl (C=O) groups is 2. The molecular formula is C16H24N2O4. The van der Waals surface area contributed by atoms with E-state index in [-0.39, 0.29) is 18.4 Å². The molecule has 1 atom stereocenters. The first-order valence-corrected chi connectivity index (χ1v) is 7.09. The molecule has 1 aromatic carbocycles. The summed E-state index contributed by atoms with van der Waals surface area (Å²) in [7, 11) is 3.14. The summed E-state index contributed by atoms with van der Waals surface area (Å²) in [6.45, 7) is 5.42. The number of benzene rings is 1. The van der Waals surface area contributed by atoms with Gasteiger partial charge in [-0.2, -0.15) is 0 Å². The van der Waals surface area contributed by atoms with Crippen LogP contribution in [0.25, 0.3) is 0 Å². The number of amides is 1. The highest BCUT2D eigenvalue weighted by atomic mass is 16.6. The van der Waals surface area contributed by atoms with Crippen molar-refractivity contribution in [3.8, 4) is 0 Å². The molecule has 0 heterocycles. The van der Waals surface area contributed by atoms with Crippen LogP contribution in [0.1, 0.15) is 38.8 Å². The van der Waals surface area contributed by atoms with E-state index in [1.807, 2.05) is 12.1 Å². The van der Waals surface area contributed by atoms with Crippen molar-refractivity contribution in [3.05, 3.63) is 29.8 Å². The third kappa shape index (κ3) is 6.13. The average molecular weight is 308 g/mol. The number of ether oxygens (including phenoxy) is 2. The van der Waals surface area contributed by atoms with Crippen molar-refractivity contribution >= 4 is 17.7 Å². The predicted octanol–water partition coefficient (Wildman–Crippen LogP) is 2.86. The number of methoxy groups -OCH3 is 1. The maximum Gasteiger partial charge on any atom is 0.412 e. The van der Waals surface area contributed by atoms with Gasteiger partial charge in [-0.25, -0.2) is 4.79 Å². The Hall–Kier alpha value is -2.08. The van der Waals surface area contributed by atoms with Crippen LogP contribution in [-0.4, -0.2) is 31.8 Å². The molecule has 0 bridgehead atoms. The predicted molar refractivity (Wildman–Crippen MR) is 84.7 cm³/mol. The van der Waals surface area contributed by atoms with Gasteiger partial charge in [0.05, 0.1) is 13.5 Å². The minimum Gasteiger partial charge on any atom is -0.469 e. The number of esters is 1. The summed E-state index contributed by atoms with van der Waals surface area (Å²) >= 11 is 0. The Kier molecular flexibility index (Phi) is 6.37. The molecule has 0 aromatic heterocycles. The zero-order valence-corrected chi connectivity index (χ0v) is 13.7. The van der Waals surface area contributed by atoms with Gasteiger partial charge in [0.1, 0.15) is 5.60 Å². The molecule has 1 aromatic rings. The van der Waals surface area contributed by atoms with E-state index in [4.69, 9.17) is 4.74 Å². The Morgan fingerprint density at radius 2 is 1.77 bits per heavy atom. The second-order valence-electron chi connectivity index (χ2n) is 5.87. The molecule has 0 radical (unpaired) electrons. The number of rotatable bonds is 5. The molecule has 0 aliphatic rings. The largest absolute Gasteiger partial charge is 0.469 e. The fourth-order valence-electron chi connectivity index (χ4n) is 1.86. The zero-order chi connectivity index (χ0) is 16.8. The lowest BCUT2D eigenvalue weighted by atomic mass is 10.0. The molecule has 6 nitrogen and oxygen atoms in total. The molecule has 0 aliphatic heterocycles. The number of hydrogen-bond acceptors (Lipinski definition) is 5. The van der Waals surface area contributed by atoms with Crippen LogP contribution >= 0.6 is 0 Å². The molecule has 6 heteroatoms. The van der Waals surface area contributed by atoms with E-state index in [9.17, 15) is 9.59 Å². The van der Waals surface area contributed by atoms with Crippen molar-refractivity contribution in [2.24, 2.45) is 0 Å². The lowest BCUT2D eigenvalue weighted by Crippen LogP contribution is -2.27. The standard InChI is InChI=1S/C16H24N2O4/c1-16(2,3)22-15(20)18-12-8-6-11(7-9-12)13(17-4)10-14(19)21-5/h6-9,13,17H,10H2,1-5H3,(H,18,20)/t13-/m1/s1. The van der Waals surface area contributed by atoms with Gasteiger partial charge in [0, 0.05) is 11.7 Å². The van der Waals surface area contributed by atoms with Gasteiger partial charge in [0.25, 0.3) is 0 Å². The molecule has 0 saturated carbocycles. The van der Waals surface area contributed by atoms with E-state index in [1.54, 1.807) is 40.0 Å². The molecular weight excluding hydrogens is 284 g/mol. The van der Waals surface area contributed by atoms with Crippen molar-refractivity contribution in [3.63, 3.8) is 0 Å². The van der Waals surface area contributed by atoms with E-state index >= 15 is 0 Å². The highest BCUT2D eigenvalue weighted by Crippen LogP contribution is 2.20. The van der Waals surface area contributed by atoms with E-state index < -0.39 is 11.7 Å². The smallest absolute Gasteiger partial charge is 0.412 e. The Morgan fingerprint density at radius 1 is 1.18 bits per heavy atom. The summed E-state index contributed by atoms with van der Waals surface area (Å²) in [6.07, 6.45) is -0.258. The lowest BCUT2D eigenvalue weighted by molar-refractivity contribution is -0.141. The first kappa shape index (κ1) is 18.0. The van der Waals surface area contributed by atoms with Crippen molar-refractivity contribution in [2.75, 3.05) is 19.5 Å². The van der Waals surface area contributed by atoms with Crippen LogP contribution in [0, 0.1) is 0 Å². The van der Waals surface area contributed by atoms with Crippen molar-refractivity contribution in [1.82, 2.24) is 5.32 Å². The topological polar surface area (TPSA) is 76.7 Å². The van der Waals surface area contributed by atoms with Crippen molar-refractivity contribution in [1.29, 1.82) is 0 Å². The molecule has 22 heavy (non-hydrogen) atoms. The fourth-order valence-corrected chi connectivity index (χ4v) is 1.86. The second kappa shape index (κ2) is 7.79. The Balaban J connectivity index is 2.69. The van der Waals surface area contributed by atoms with Crippen LogP contribution in [0.3, 0.4) is 0 Å². The fraction of sp³-hybridized carbons (Fsp3) is 0.500. The number of carbonyl (C=O) groups excluding carboxylic acids is 2. The first-order valence-electron chi connectivity index (χ1n) is 7.09. The molecule has 122 valence electrons. The van der Waals surface area contributed by atoms with Gasteiger partial charge >= 0.3 is 12.1 Å². The highest BCUT2D eigenvalue weighted by molar-refractivity contribution is 5.84. The van der Waals surface area contributed by atoms with Gasteiger partial charge in [-0.05, 0) is 45.5 Å². The summed E-state index contributed by atoms with van der Waals surface area (Å²) in [5.74, 6) is -0.282. The zero-order valence-electron chi connectivity index (χ0n) is 13.7. The Labute approximate surface area is 131 Å². The van der Waals surface area contributed by atoms with E-state index in [1.165, 1.54) is 7.11 Å². The van der Waals surface area contributed by atoms with Gasteiger partial charge < -0.3 is 14.8 Å². The van der Waals surface area contributed by atoms with Crippen molar-refractivity contribution in [2.45, 2.75) is 38.8 Å². The second-order valence-corrected chi connectivity index (χ2v) is 5.87. The minimum absolute atomic E-state index is 0.136. The molecule has 2 N–H and O–H groups in total. The van der Waals surface area contributed by atoms with E-state index in [0.717, 1.165) is 5.56 Å². The van der Waals surface area contributed by atoms with Crippen molar-refractivity contribution < 1.29 is 19.1 Å². The van der Waals surface area contributed by atoms with Crippen LogP contribution in [0.5, 0.6) is 0 Å². The Morgan fingerprint density at radius 3 is 2.23 bits per heavy atom. The monoisotopic (exact) mass is 308 g/mol. The van der Waals surface area contributed by atoms with Gasteiger partial charge in [0.15, 0.2) is 0 Å². The maximum absolute atomic E-state index is 11.7. The summed E-state index contributed by atoms with van der Waals surface area (Å²) in [5, 5.41) is 5.72. The summed E-state index contributed by atoms with van der Waals surface area (Å²) < 4.78 is 9.86. The van der Waals surface area contributed by atoms with Crippen LogP contribution in [0.4, 0.5) is 10.5 Å². The number of anilines is 1. The highest BCUT2D eigenvalue weighted by Gasteiger charge is 2.17. The van der Waals surface area contributed by atoms with Crippen LogP contribution < -0.4 is 10.6 Å². The molecule has 0 spiro atoms. The molecule has 0 saturated heterocycles. The summed E-state index contributed by atoms with van der Waals surface area (Å²) in [4.78, 5) is 23.0. The SMILES string of the molecule is CN[C@H](CC(=O)OC)c1ccc(NC(=O)OC(C)(C)C)cc1. The van der Waals surface area contributed by atoms with Crippen LogP contribution in [0.2, 0.25) is 0 Å². The van der Waals surface area contributed by atoms with Gasteiger partial charge in [0.2, 0.25) is 0 Å². The summed E-state index contributed by atoms with van der Waals surface area (Å²) in [6, 6.07) is 7.08. The van der Waals surface area contributed by atoms with Gasteiger partial charge in [-0.15, -0.1) is 0 Å². The quantitative estimate of drug-likeness (QED) is 0.818. The minimum atomic E-state index is -0.540. The number of nitrogens with one attached hydrogen (secondary N) is 2. The van der Waals surface area contributed by atoms with E-state index in [0.29, 0.717) is 5.69 Å². The first-order chi connectivity index (χ1) is 10.2. The van der Waals surface area contributed by atoms with Gasteiger partial charge in [-0.3, -0.25) is 10.1 Å². The molecule has 0 aliphatic carbocycles. The lowest BCUT2D eigenvalue weighted by Gasteiger charge is -2.20.